The third kappa shape index (κ3) is 4.00. The van der Waals surface area contributed by atoms with Gasteiger partial charge in [0, 0.05) is 24.3 Å². The van der Waals surface area contributed by atoms with Crippen LogP contribution in [0.5, 0.6) is 0 Å². The highest BCUT2D eigenvalue weighted by Gasteiger charge is 2.37. The Morgan fingerprint density at radius 1 is 1.06 bits per heavy atom. The van der Waals surface area contributed by atoms with Crippen molar-refractivity contribution in [2.75, 3.05) is 30.4 Å². The maximum absolute atomic E-state index is 13.1. The van der Waals surface area contributed by atoms with E-state index < -0.39 is 5.97 Å². The number of benzene rings is 2. The van der Waals surface area contributed by atoms with Crippen LogP contribution in [0.1, 0.15) is 63.7 Å². The molecule has 7 nitrogen and oxygen atoms in total. The molecule has 1 atom stereocenters. The van der Waals surface area contributed by atoms with Gasteiger partial charge in [-0.1, -0.05) is 6.42 Å². The summed E-state index contributed by atoms with van der Waals surface area (Å²) in [6.07, 6.45) is 4.27. The molecule has 0 saturated carbocycles. The number of hydrogen-bond acceptors (Lipinski definition) is 5. The molecule has 0 aliphatic carbocycles. The summed E-state index contributed by atoms with van der Waals surface area (Å²) in [5.74, 6) is -0.637. The van der Waals surface area contributed by atoms with E-state index in [0.717, 1.165) is 44.5 Å². The smallest absolute Gasteiger partial charge is 0.337 e. The molecular formula is C24H27N3O4. The zero-order chi connectivity index (χ0) is 22.0. The number of nitrogens with one attached hydrogen (secondary N) is 1. The van der Waals surface area contributed by atoms with Gasteiger partial charge >= 0.3 is 5.97 Å². The summed E-state index contributed by atoms with van der Waals surface area (Å²) in [5.41, 5.74) is 2.96. The first-order chi connectivity index (χ1) is 15.0. The second-order valence-corrected chi connectivity index (χ2v) is 7.87. The lowest BCUT2D eigenvalue weighted by atomic mass is 10.0. The minimum absolute atomic E-state index is 0.0525. The Labute approximate surface area is 182 Å². The molecule has 0 spiro atoms. The average molecular weight is 421 g/mol. The third-order valence-corrected chi connectivity index (χ3v) is 6.05. The van der Waals surface area contributed by atoms with Gasteiger partial charge in [0.1, 0.15) is 6.17 Å². The molecule has 1 fully saturated rings. The fourth-order valence-corrected chi connectivity index (χ4v) is 4.45. The van der Waals surface area contributed by atoms with Crippen molar-refractivity contribution in [2.24, 2.45) is 0 Å². The molecule has 7 heteroatoms. The first-order valence-electron chi connectivity index (χ1n) is 10.7. The Balaban J connectivity index is 1.59. The van der Waals surface area contributed by atoms with E-state index in [1.54, 1.807) is 36.4 Å². The van der Waals surface area contributed by atoms with Crippen LogP contribution in [0.4, 0.5) is 11.4 Å². The number of anilines is 2. The second-order valence-electron chi connectivity index (χ2n) is 7.87. The number of ether oxygens (including phenoxy) is 1. The minimum atomic E-state index is -0.426. The van der Waals surface area contributed by atoms with Crippen molar-refractivity contribution in [3.63, 3.8) is 0 Å². The van der Waals surface area contributed by atoms with Gasteiger partial charge in [0.2, 0.25) is 0 Å². The quantitative estimate of drug-likeness (QED) is 0.758. The van der Waals surface area contributed by atoms with Gasteiger partial charge in [0.25, 0.3) is 11.8 Å². The predicted octanol–water partition coefficient (Wildman–Crippen LogP) is 3.91. The fourth-order valence-electron chi connectivity index (χ4n) is 4.45. The monoisotopic (exact) mass is 421 g/mol. The molecule has 2 aromatic carbocycles. The van der Waals surface area contributed by atoms with Gasteiger partial charge < -0.3 is 19.9 Å². The number of amides is 2. The van der Waals surface area contributed by atoms with E-state index in [1.165, 1.54) is 7.11 Å². The SMILES string of the molecule is CCN1c2cc(C(=O)Nc3ccc(C(=O)OC)cc3)ccc2C(=O)N2CCCCCC21. The van der Waals surface area contributed by atoms with E-state index in [-0.39, 0.29) is 18.0 Å². The van der Waals surface area contributed by atoms with E-state index in [4.69, 9.17) is 4.74 Å². The summed E-state index contributed by atoms with van der Waals surface area (Å²) in [6, 6.07) is 11.8. The molecule has 2 aliphatic rings. The molecule has 1 N–H and O–H groups in total. The Bertz CT molecular complexity index is 1000. The molecule has 2 amide bonds. The largest absolute Gasteiger partial charge is 0.465 e. The van der Waals surface area contributed by atoms with Crippen molar-refractivity contribution in [3.8, 4) is 0 Å². The number of rotatable bonds is 4. The molecule has 0 radical (unpaired) electrons. The Morgan fingerprint density at radius 2 is 1.81 bits per heavy atom. The number of carbonyl (C=O) groups is 3. The van der Waals surface area contributed by atoms with E-state index in [0.29, 0.717) is 22.4 Å². The first-order valence-corrected chi connectivity index (χ1v) is 10.7. The van der Waals surface area contributed by atoms with Crippen molar-refractivity contribution < 1.29 is 19.1 Å². The van der Waals surface area contributed by atoms with Crippen LogP contribution in [0.2, 0.25) is 0 Å². The maximum Gasteiger partial charge on any atom is 0.337 e. The van der Waals surface area contributed by atoms with Gasteiger partial charge in [-0.05, 0) is 68.7 Å². The van der Waals surface area contributed by atoms with Crippen LogP contribution in [0.25, 0.3) is 0 Å². The number of hydrogen-bond donors (Lipinski definition) is 1. The van der Waals surface area contributed by atoms with Crippen LogP contribution in [0.15, 0.2) is 42.5 Å². The summed E-state index contributed by atoms with van der Waals surface area (Å²) in [6.45, 7) is 3.63. The summed E-state index contributed by atoms with van der Waals surface area (Å²) in [7, 11) is 1.33. The van der Waals surface area contributed by atoms with Gasteiger partial charge in [-0.3, -0.25) is 9.59 Å². The Hall–Kier alpha value is -3.35. The lowest BCUT2D eigenvalue weighted by molar-refractivity contribution is 0.0599. The van der Waals surface area contributed by atoms with Crippen LogP contribution < -0.4 is 10.2 Å². The topological polar surface area (TPSA) is 79.0 Å². The first kappa shape index (κ1) is 20.9. The van der Waals surface area contributed by atoms with Crippen molar-refractivity contribution in [3.05, 3.63) is 59.2 Å². The number of carbonyl (C=O) groups excluding carboxylic acids is 3. The molecule has 1 unspecified atom stereocenters. The molecule has 0 aromatic heterocycles. The van der Waals surface area contributed by atoms with Crippen molar-refractivity contribution in [1.82, 2.24) is 4.90 Å². The summed E-state index contributed by atoms with van der Waals surface area (Å²) >= 11 is 0. The molecular weight excluding hydrogens is 394 g/mol. The third-order valence-electron chi connectivity index (χ3n) is 6.05. The van der Waals surface area contributed by atoms with Crippen molar-refractivity contribution in [2.45, 2.75) is 38.8 Å². The maximum atomic E-state index is 13.1. The van der Waals surface area contributed by atoms with Crippen molar-refractivity contribution >= 4 is 29.2 Å². The molecule has 2 aliphatic heterocycles. The molecule has 2 aromatic rings. The zero-order valence-corrected chi connectivity index (χ0v) is 17.9. The van der Waals surface area contributed by atoms with Crippen molar-refractivity contribution in [1.29, 1.82) is 0 Å². The highest BCUT2D eigenvalue weighted by Crippen LogP contribution is 2.35. The molecule has 31 heavy (non-hydrogen) atoms. The van der Waals surface area contributed by atoms with Crippen LogP contribution in [-0.2, 0) is 4.74 Å². The Kier molecular flexibility index (Phi) is 5.93. The van der Waals surface area contributed by atoms with Gasteiger partial charge in [-0.2, -0.15) is 0 Å². The number of nitrogens with zero attached hydrogens (tertiary/aromatic N) is 2. The highest BCUT2D eigenvalue weighted by molar-refractivity contribution is 6.08. The van der Waals surface area contributed by atoms with E-state index in [2.05, 4.69) is 17.1 Å². The highest BCUT2D eigenvalue weighted by atomic mass is 16.5. The van der Waals surface area contributed by atoms with Gasteiger partial charge in [-0.25, -0.2) is 4.79 Å². The molecule has 4 rings (SSSR count). The second kappa shape index (κ2) is 8.79. The lowest BCUT2D eigenvalue weighted by Gasteiger charge is -2.44. The van der Waals surface area contributed by atoms with E-state index >= 15 is 0 Å². The number of methoxy groups -OCH3 is 1. The number of fused-ring (bicyclic) bond motifs is 2. The Morgan fingerprint density at radius 3 is 2.52 bits per heavy atom. The normalized spacial score (nSPS) is 18.0. The zero-order valence-electron chi connectivity index (χ0n) is 17.9. The van der Waals surface area contributed by atoms with Crippen LogP contribution in [0, 0.1) is 0 Å². The number of esters is 1. The predicted molar refractivity (Wildman–Crippen MR) is 118 cm³/mol. The summed E-state index contributed by atoms with van der Waals surface area (Å²) in [4.78, 5) is 41.8. The summed E-state index contributed by atoms with van der Waals surface area (Å²) in [5, 5.41) is 2.85. The van der Waals surface area contributed by atoms with E-state index in [9.17, 15) is 14.4 Å². The van der Waals surface area contributed by atoms with Gasteiger partial charge in [0.05, 0.1) is 23.9 Å². The molecule has 162 valence electrons. The fraction of sp³-hybridized carbons (Fsp3) is 0.375. The van der Waals surface area contributed by atoms with Gasteiger partial charge in [-0.15, -0.1) is 0 Å². The molecule has 1 saturated heterocycles. The summed E-state index contributed by atoms with van der Waals surface area (Å²) < 4.78 is 4.69. The van der Waals surface area contributed by atoms with Gasteiger partial charge in [0.15, 0.2) is 0 Å². The molecule has 2 heterocycles. The minimum Gasteiger partial charge on any atom is -0.465 e. The lowest BCUT2D eigenvalue weighted by Crippen LogP contribution is -2.55. The van der Waals surface area contributed by atoms with E-state index in [1.807, 2.05) is 11.0 Å². The standard InChI is InChI=1S/C24H27N3O4/c1-3-26-20-15-17(22(28)25-18-11-8-16(9-12-18)24(30)31-2)10-13-19(20)23(29)27-14-6-4-5-7-21(26)27/h8-13,15,21H,3-7,14H2,1-2H3,(H,25,28). The van der Waals surface area contributed by atoms with Crippen LogP contribution in [0.3, 0.4) is 0 Å². The average Bonchev–Trinajstić information content (AvgIpc) is 3.05. The van der Waals surface area contributed by atoms with Crippen LogP contribution >= 0.6 is 0 Å². The van der Waals surface area contributed by atoms with Crippen LogP contribution in [-0.4, -0.2) is 49.0 Å². The molecule has 0 bridgehead atoms.